The number of amides is 1. The van der Waals surface area contributed by atoms with Gasteiger partial charge in [0.15, 0.2) is 11.6 Å². The van der Waals surface area contributed by atoms with E-state index < -0.39 is 11.6 Å². The van der Waals surface area contributed by atoms with Crippen LogP contribution in [0.4, 0.5) is 0 Å². The maximum absolute atomic E-state index is 14.5. The Morgan fingerprint density at radius 2 is 1.56 bits per heavy atom. The first-order valence-electron chi connectivity index (χ1n) is 16.7. The summed E-state index contributed by atoms with van der Waals surface area (Å²) in [5.41, 5.74) is 3.62. The largest absolute Gasteiger partial charge is 0.494 e. The van der Waals surface area contributed by atoms with Gasteiger partial charge in [0, 0.05) is 51.2 Å². The monoisotopic (exact) mass is 645 g/mol. The fraction of sp³-hybridized carbons (Fsp3) is 0.300. The molecule has 48 heavy (non-hydrogen) atoms. The summed E-state index contributed by atoms with van der Waals surface area (Å²) < 4.78 is 18.0. The van der Waals surface area contributed by atoms with Gasteiger partial charge >= 0.3 is 0 Å². The SMILES string of the molecule is O=C(NCCN1CCOCC1)[C@]1(C/C=C/c2ccccc2)N=C(c2ccc(OCCCO)cc2)O[C@@H]1c1ccc(-c2ccccc2)cc1. The Bertz CT molecular complexity index is 1650. The predicted octanol–water partition coefficient (Wildman–Crippen LogP) is 5.92. The molecule has 8 heteroatoms. The minimum absolute atomic E-state index is 0.0752. The van der Waals surface area contributed by atoms with Crippen LogP contribution in [0.5, 0.6) is 5.75 Å². The molecule has 2 aliphatic rings. The van der Waals surface area contributed by atoms with Gasteiger partial charge < -0.3 is 24.6 Å². The van der Waals surface area contributed by atoms with Crippen LogP contribution >= 0.6 is 0 Å². The highest BCUT2D eigenvalue weighted by atomic mass is 16.5. The quantitative estimate of drug-likeness (QED) is 0.165. The maximum atomic E-state index is 14.5. The van der Waals surface area contributed by atoms with Crippen LogP contribution in [0.2, 0.25) is 0 Å². The lowest BCUT2D eigenvalue weighted by molar-refractivity contribution is -0.128. The number of ether oxygens (including phenoxy) is 3. The number of aliphatic hydroxyl groups excluding tert-OH is 1. The van der Waals surface area contributed by atoms with Crippen molar-refractivity contribution in [3.8, 4) is 16.9 Å². The zero-order valence-corrected chi connectivity index (χ0v) is 27.2. The Hall–Kier alpha value is -4.76. The number of morpholine rings is 1. The summed E-state index contributed by atoms with van der Waals surface area (Å²) in [5.74, 6) is 0.923. The molecule has 1 fully saturated rings. The third-order valence-corrected chi connectivity index (χ3v) is 8.71. The zero-order valence-electron chi connectivity index (χ0n) is 27.2. The van der Waals surface area contributed by atoms with E-state index in [1.165, 1.54) is 0 Å². The summed E-state index contributed by atoms with van der Waals surface area (Å²) in [6.07, 6.45) is 4.28. The van der Waals surface area contributed by atoms with E-state index in [0.29, 0.717) is 50.9 Å². The molecule has 0 bridgehead atoms. The van der Waals surface area contributed by atoms with Crippen molar-refractivity contribution in [2.24, 2.45) is 4.99 Å². The van der Waals surface area contributed by atoms with Gasteiger partial charge in [0.2, 0.25) is 5.90 Å². The van der Waals surface area contributed by atoms with Crippen molar-refractivity contribution >= 4 is 17.9 Å². The molecule has 2 heterocycles. The molecule has 4 aromatic rings. The number of carbonyl (C=O) groups is 1. The van der Waals surface area contributed by atoms with Gasteiger partial charge in [0.1, 0.15) is 5.75 Å². The van der Waals surface area contributed by atoms with Gasteiger partial charge in [-0.1, -0.05) is 97.1 Å². The molecule has 0 unspecified atom stereocenters. The number of nitrogens with zero attached hydrogens (tertiary/aromatic N) is 2. The summed E-state index contributed by atoms with van der Waals surface area (Å²) >= 11 is 0. The van der Waals surface area contributed by atoms with Crippen molar-refractivity contribution in [2.45, 2.75) is 24.5 Å². The van der Waals surface area contributed by atoms with Crippen LogP contribution < -0.4 is 10.1 Å². The van der Waals surface area contributed by atoms with Crippen molar-refractivity contribution in [2.75, 3.05) is 52.6 Å². The minimum atomic E-state index is -1.25. The number of aliphatic imine (C=N–C) groups is 1. The van der Waals surface area contributed by atoms with Crippen molar-refractivity contribution < 1.29 is 24.1 Å². The number of aliphatic hydroxyl groups is 1. The lowest BCUT2D eigenvalue weighted by atomic mass is 9.83. The van der Waals surface area contributed by atoms with E-state index in [2.05, 4.69) is 34.5 Å². The topological polar surface area (TPSA) is 92.6 Å². The molecule has 2 atom stereocenters. The number of hydrogen-bond acceptors (Lipinski definition) is 7. The van der Waals surface area contributed by atoms with Gasteiger partial charge in [-0.3, -0.25) is 9.69 Å². The molecule has 2 aliphatic heterocycles. The second kappa shape index (κ2) is 16.4. The Morgan fingerprint density at radius 3 is 2.27 bits per heavy atom. The van der Waals surface area contributed by atoms with Crippen LogP contribution in [0.25, 0.3) is 17.2 Å². The fourth-order valence-corrected chi connectivity index (χ4v) is 6.04. The predicted molar refractivity (Wildman–Crippen MR) is 189 cm³/mol. The molecule has 248 valence electrons. The van der Waals surface area contributed by atoms with E-state index in [0.717, 1.165) is 47.5 Å². The molecule has 2 N–H and O–H groups in total. The van der Waals surface area contributed by atoms with Crippen LogP contribution in [-0.4, -0.2) is 80.0 Å². The van der Waals surface area contributed by atoms with E-state index in [-0.39, 0.29) is 12.5 Å². The fourth-order valence-electron chi connectivity index (χ4n) is 6.04. The van der Waals surface area contributed by atoms with Crippen LogP contribution in [-0.2, 0) is 14.3 Å². The molecule has 1 amide bonds. The van der Waals surface area contributed by atoms with Crippen molar-refractivity contribution in [1.82, 2.24) is 10.2 Å². The first kappa shape index (κ1) is 33.2. The minimum Gasteiger partial charge on any atom is -0.494 e. The Balaban J connectivity index is 1.33. The lowest BCUT2D eigenvalue weighted by Crippen LogP contribution is -2.50. The van der Waals surface area contributed by atoms with Crippen LogP contribution in [0, 0.1) is 0 Å². The molecule has 1 saturated heterocycles. The standard InChI is InChI=1S/C40H43N3O5/c44-27-8-28-47-36-20-18-35(19-21-36)38-42-40(22-7-11-31-9-3-1-4-10-31,39(45)41-23-24-43-25-29-46-30-26-43)37(48-38)34-16-14-33(15-17-34)32-12-5-2-6-13-32/h1-7,9-21,37,44H,8,22-30H2,(H,41,45)/b11-7+/t37-,40-/m1/s1. The molecule has 4 aromatic carbocycles. The summed E-state index contributed by atoms with van der Waals surface area (Å²) in [4.78, 5) is 21.9. The van der Waals surface area contributed by atoms with Gasteiger partial charge in [-0.25, -0.2) is 4.99 Å². The third kappa shape index (κ3) is 8.20. The van der Waals surface area contributed by atoms with E-state index in [4.69, 9.17) is 24.3 Å². The molecular formula is C40H43N3O5. The first-order chi connectivity index (χ1) is 23.6. The number of nitrogens with one attached hydrogen (secondary N) is 1. The second-order valence-corrected chi connectivity index (χ2v) is 12.0. The van der Waals surface area contributed by atoms with Crippen LogP contribution in [0.1, 0.15) is 35.6 Å². The van der Waals surface area contributed by atoms with Gasteiger partial charge in [0.25, 0.3) is 5.91 Å². The highest BCUT2D eigenvalue weighted by molar-refractivity contribution is 6.01. The summed E-state index contributed by atoms with van der Waals surface area (Å²) in [5, 5.41) is 12.3. The highest BCUT2D eigenvalue weighted by Gasteiger charge is 2.52. The average molecular weight is 646 g/mol. The molecule has 0 radical (unpaired) electrons. The highest BCUT2D eigenvalue weighted by Crippen LogP contribution is 2.43. The maximum Gasteiger partial charge on any atom is 0.252 e. The molecular weight excluding hydrogens is 602 g/mol. The molecule has 0 spiro atoms. The Kier molecular flexibility index (Phi) is 11.3. The lowest BCUT2D eigenvalue weighted by Gasteiger charge is -2.31. The van der Waals surface area contributed by atoms with Crippen LogP contribution in [0.3, 0.4) is 0 Å². The van der Waals surface area contributed by atoms with E-state index in [9.17, 15) is 4.79 Å². The van der Waals surface area contributed by atoms with Gasteiger partial charge in [-0.15, -0.1) is 0 Å². The molecule has 0 saturated carbocycles. The summed E-state index contributed by atoms with van der Waals surface area (Å²) in [6.45, 7) is 4.84. The smallest absolute Gasteiger partial charge is 0.252 e. The van der Waals surface area contributed by atoms with E-state index in [1.807, 2.05) is 97.1 Å². The average Bonchev–Trinajstić information content (AvgIpc) is 3.54. The third-order valence-electron chi connectivity index (χ3n) is 8.71. The zero-order chi connectivity index (χ0) is 33.0. The van der Waals surface area contributed by atoms with E-state index >= 15 is 0 Å². The Labute approximate surface area is 282 Å². The van der Waals surface area contributed by atoms with E-state index in [1.54, 1.807) is 0 Å². The molecule has 8 nitrogen and oxygen atoms in total. The van der Waals surface area contributed by atoms with Gasteiger partial charge in [-0.05, 0) is 46.5 Å². The first-order valence-corrected chi connectivity index (χ1v) is 16.7. The van der Waals surface area contributed by atoms with Crippen molar-refractivity contribution in [1.29, 1.82) is 0 Å². The Morgan fingerprint density at radius 1 is 0.896 bits per heavy atom. The molecule has 6 rings (SSSR count). The van der Waals surface area contributed by atoms with Gasteiger partial charge in [0.05, 0.1) is 19.8 Å². The van der Waals surface area contributed by atoms with Crippen LogP contribution in [0.15, 0.2) is 120 Å². The summed E-state index contributed by atoms with van der Waals surface area (Å²) in [6, 6.07) is 36.0. The van der Waals surface area contributed by atoms with Gasteiger partial charge in [-0.2, -0.15) is 0 Å². The van der Waals surface area contributed by atoms with Crippen molar-refractivity contribution in [3.63, 3.8) is 0 Å². The molecule has 0 aliphatic carbocycles. The second-order valence-electron chi connectivity index (χ2n) is 12.0. The normalized spacial score (nSPS) is 19.5. The number of rotatable bonds is 14. The number of carbonyl (C=O) groups excluding carboxylic acids is 1. The number of benzene rings is 4. The van der Waals surface area contributed by atoms with Crippen molar-refractivity contribution in [3.05, 3.63) is 132 Å². The number of hydrogen-bond donors (Lipinski definition) is 2. The molecule has 0 aromatic heterocycles. The summed E-state index contributed by atoms with van der Waals surface area (Å²) in [7, 11) is 0.